The molecule has 0 amide bonds. The molecule has 1 aromatic carbocycles. The third-order valence-corrected chi connectivity index (χ3v) is 6.79. The average Bonchev–Trinajstić information content (AvgIpc) is 3.38. The van der Waals surface area contributed by atoms with Gasteiger partial charge in [-0.3, -0.25) is 4.79 Å². The number of aromatic nitrogens is 3. The fourth-order valence-corrected chi connectivity index (χ4v) is 4.48. The molecule has 0 bridgehead atoms. The number of para-hydroxylation sites is 1. The summed E-state index contributed by atoms with van der Waals surface area (Å²) in [5, 5.41) is 9.86. The van der Waals surface area contributed by atoms with Gasteiger partial charge in [0.05, 0.1) is 10.4 Å². The number of ketones is 1. The standard InChI is InChI=1S/C18H13F3N4O3S2/c19-18(20,21)30(27,28)24-9-7-12(8-10-24)16(17(26)15-6-3-11-29-15)25-14-5-2-1-4-13(14)22-23-25/h1-12,16H. The van der Waals surface area contributed by atoms with Crippen LogP contribution in [0.5, 0.6) is 0 Å². The first-order valence-corrected chi connectivity index (χ1v) is 10.9. The van der Waals surface area contributed by atoms with Crippen LogP contribution >= 0.6 is 11.3 Å². The fraction of sp³-hybridized carbons (Fsp3) is 0.167. The Bertz CT molecular complexity index is 1230. The number of sulfonamides is 1. The van der Waals surface area contributed by atoms with Crippen LogP contribution in [-0.4, -0.2) is 39.0 Å². The third-order valence-electron chi connectivity index (χ3n) is 4.52. The molecule has 4 rings (SSSR count). The first-order chi connectivity index (χ1) is 14.2. The summed E-state index contributed by atoms with van der Waals surface area (Å²) >= 11 is 1.22. The zero-order valence-corrected chi connectivity index (χ0v) is 16.6. The molecule has 0 radical (unpaired) electrons. The van der Waals surface area contributed by atoms with E-state index in [1.807, 2.05) is 0 Å². The van der Waals surface area contributed by atoms with Gasteiger partial charge >= 0.3 is 15.5 Å². The second kappa shape index (κ2) is 7.36. The maximum atomic E-state index is 13.2. The number of benzene rings is 1. The van der Waals surface area contributed by atoms with Crippen molar-refractivity contribution in [1.82, 2.24) is 19.3 Å². The summed E-state index contributed by atoms with van der Waals surface area (Å²) in [6, 6.07) is 9.33. The molecule has 1 aliphatic heterocycles. The van der Waals surface area contributed by atoms with E-state index in [1.54, 1.807) is 41.8 Å². The Hall–Kier alpha value is -2.99. The molecule has 2 aromatic heterocycles. The molecule has 3 aromatic rings. The minimum atomic E-state index is -5.56. The van der Waals surface area contributed by atoms with E-state index in [2.05, 4.69) is 10.3 Å². The van der Waals surface area contributed by atoms with E-state index < -0.39 is 27.5 Å². The number of hydrogen-bond acceptors (Lipinski definition) is 6. The Morgan fingerprint density at radius 1 is 1.10 bits per heavy atom. The van der Waals surface area contributed by atoms with E-state index in [-0.39, 0.29) is 10.1 Å². The van der Waals surface area contributed by atoms with Crippen LogP contribution in [0.15, 0.2) is 66.3 Å². The second-order valence-electron chi connectivity index (χ2n) is 6.35. The minimum absolute atomic E-state index is 0.0790. The summed E-state index contributed by atoms with van der Waals surface area (Å²) in [6.07, 6.45) is 4.05. The SMILES string of the molecule is O=C(c1cccs1)C(C1C=CN(S(=O)(=O)C(F)(F)F)C=C1)n1nnc2ccccc21. The molecule has 1 unspecified atom stereocenters. The van der Waals surface area contributed by atoms with E-state index in [0.29, 0.717) is 15.9 Å². The van der Waals surface area contributed by atoms with Gasteiger partial charge in [0.25, 0.3) is 0 Å². The highest BCUT2D eigenvalue weighted by molar-refractivity contribution is 7.90. The summed E-state index contributed by atoms with van der Waals surface area (Å²) in [7, 11) is -5.56. The molecule has 30 heavy (non-hydrogen) atoms. The fourth-order valence-electron chi connectivity index (χ4n) is 3.08. The number of halogens is 3. The monoisotopic (exact) mass is 454 g/mol. The third kappa shape index (κ3) is 3.41. The van der Waals surface area contributed by atoms with E-state index >= 15 is 0 Å². The molecule has 12 heteroatoms. The molecule has 0 aliphatic carbocycles. The second-order valence-corrected chi connectivity index (χ2v) is 9.13. The number of thiophene rings is 1. The maximum absolute atomic E-state index is 13.2. The van der Waals surface area contributed by atoms with Crippen molar-refractivity contribution in [3.05, 3.63) is 71.2 Å². The van der Waals surface area contributed by atoms with Crippen molar-refractivity contribution < 1.29 is 26.4 Å². The molecule has 1 aliphatic rings. The number of Topliss-reactive ketones (excluding diaryl/α,β-unsaturated/α-hetero) is 1. The van der Waals surface area contributed by atoms with Gasteiger partial charge in [0.1, 0.15) is 11.6 Å². The van der Waals surface area contributed by atoms with E-state index in [1.165, 1.54) is 28.2 Å². The van der Waals surface area contributed by atoms with Gasteiger partial charge in [-0.2, -0.15) is 21.6 Å². The highest BCUT2D eigenvalue weighted by atomic mass is 32.2. The zero-order valence-electron chi connectivity index (χ0n) is 15.0. The van der Waals surface area contributed by atoms with Gasteiger partial charge < -0.3 is 0 Å². The van der Waals surface area contributed by atoms with Crippen molar-refractivity contribution in [1.29, 1.82) is 0 Å². The van der Waals surface area contributed by atoms with Gasteiger partial charge in [0, 0.05) is 18.3 Å². The normalized spacial score (nSPS) is 16.3. The summed E-state index contributed by atoms with van der Waals surface area (Å²) < 4.78 is 63.2. The number of carbonyl (C=O) groups excluding carboxylic acids is 1. The molecule has 3 heterocycles. The summed E-state index contributed by atoms with van der Waals surface area (Å²) in [6.45, 7) is 0. The smallest absolute Gasteiger partial charge is 0.291 e. The Labute approximate surface area is 172 Å². The summed E-state index contributed by atoms with van der Waals surface area (Å²) in [5.41, 5.74) is -4.32. The lowest BCUT2D eigenvalue weighted by Crippen LogP contribution is -2.36. The molecule has 0 spiro atoms. The summed E-state index contributed by atoms with van der Waals surface area (Å²) in [5.74, 6) is -1.06. The van der Waals surface area contributed by atoms with Crippen molar-refractivity contribution in [3.8, 4) is 0 Å². The van der Waals surface area contributed by atoms with Gasteiger partial charge in [-0.25, -0.2) is 8.99 Å². The van der Waals surface area contributed by atoms with Gasteiger partial charge in [0.15, 0.2) is 5.78 Å². The lowest BCUT2D eigenvalue weighted by Gasteiger charge is -2.26. The van der Waals surface area contributed by atoms with E-state index in [4.69, 9.17) is 0 Å². The summed E-state index contributed by atoms with van der Waals surface area (Å²) in [4.78, 5) is 13.7. The van der Waals surface area contributed by atoms with Crippen LogP contribution in [0.1, 0.15) is 15.7 Å². The number of alkyl halides is 3. The molecular weight excluding hydrogens is 441 g/mol. The van der Waals surface area contributed by atoms with Crippen molar-refractivity contribution in [2.24, 2.45) is 5.92 Å². The topological polar surface area (TPSA) is 85.2 Å². The van der Waals surface area contributed by atoms with Gasteiger partial charge in [-0.05, 0) is 23.6 Å². The van der Waals surface area contributed by atoms with Crippen molar-refractivity contribution in [2.75, 3.05) is 0 Å². The molecule has 0 saturated carbocycles. The predicted molar refractivity (Wildman–Crippen MR) is 104 cm³/mol. The average molecular weight is 454 g/mol. The zero-order chi connectivity index (χ0) is 21.5. The first kappa shape index (κ1) is 20.3. The maximum Gasteiger partial charge on any atom is 0.517 e. The molecule has 0 fully saturated rings. The molecule has 0 N–H and O–H groups in total. The highest BCUT2D eigenvalue weighted by Gasteiger charge is 2.49. The van der Waals surface area contributed by atoms with Crippen molar-refractivity contribution in [3.63, 3.8) is 0 Å². The minimum Gasteiger partial charge on any atom is -0.291 e. The molecular formula is C18H13F3N4O3S2. The number of hydrogen-bond donors (Lipinski definition) is 0. The molecule has 1 atom stereocenters. The number of carbonyl (C=O) groups is 1. The Kier molecular flexibility index (Phi) is 4.98. The Balaban J connectivity index is 1.74. The lowest BCUT2D eigenvalue weighted by molar-refractivity contribution is -0.0468. The number of fused-ring (bicyclic) bond motifs is 1. The van der Waals surface area contributed by atoms with Crippen LogP contribution in [0.3, 0.4) is 0 Å². The Morgan fingerprint density at radius 2 is 1.80 bits per heavy atom. The predicted octanol–water partition coefficient (Wildman–Crippen LogP) is 3.73. The van der Waals surface area contributed by atoms with Gasteiger partial charge in [0.2, 0.25) is 0 Å². The first-order valence-electron chi connectivity index (χ1n) is 8.54. The van der Waals surface area contributed by atoms with Gasteiger partial charge in [-0.1, -0.05) is 35.6 Å². The van der Waals surface area contributed by atoms with Crippen LogP contribution in [-0.2, 0) is 10.0 Å². The Morgan fingerprint density at radius 3 is 2.43 bits per heavy atom. The quantitative estimate of drug-likeness (QED) is 0.549. The number of nitrogens with zero attached hydrogens (tertiary/aromatic N) is 4. The van der Waals surface area contributed by atoms with Crippen LogP contribution in [0.25, 0.3) is 11.0 Å². The highest BCUT2D eigenvalue weighted by Crippen LogP contribution is 2.34. The van der Waals surface area contributed by atoms with Crippen molar-refractivity contribution in [2.45, 2.75) is 11.6 Å². The van der Waals surface area contributed by atoms with Crippen LogP contribution in [0, 0.1) is 5.92 Å². The molecule has 7 nitrogen and oxygen atoms in total. The molecule has 0 saturated heterocycles. The van der Waals surface area contributed by atoms with Crippen LogP contribution in [0.4, 0.5) is 13.2 Å². The van der Waals surface area contributed by atoms with E-state index in [9.17, 15) is 26.4 Å². The van der Waals surface area contributed by atoms with Crippen LogP contribution in [0.2, 0.25) is 0 Å². The van der Waals surface area contributed by atoms with Gasteiger partial charge in [-0.15, -0.1) is 16.4 Å². The largest absolute Gasteiger partial charge is 0.517 e. The number of rotatable bonds is 5. The molecule has 156 valence electrons. The van der Waals surface area contributed by atoms with Crippen LogP contribution < -0.4 is 0 Å². The number of allylic oxidation sites excluding steroid dienone is 2. The lowest BCUT2D eigenvalue weighted by atomic mass is 9.94. The van der Waals surface area contributed by atoms with Crippen molar-refractivity contribution >= 4 is 38.2 Å². The van der Waals surface area contributed by atoms with E-state index in [0.717, 1.165) is 12.4 Å².